The van der Waals surface area contributed by atoms with Gasteiger partial charge in [0.1, 0.15) is 6.04 Å². The lowest BCUT2D eigenvalue weighted by Gasteiger charge is -2.29. The van der Waals surface area contributed by atoms with Crippen LogP contribution in [0.2, 0.25) is 0 Å². The first-order valence-corrected chi connectivity index (χ1v) is 12.9. The Kier molecular flexibility index (Phi) is 7.95. The van der Waals surface area contributed by atoms with Crippen molar-refractivity contribution in [3.63, 3.8) is 0 Å². The summed E-state index contributed by atoms with van der Waals surface area (Å²) < 4.78 is 50.5. The number of hydrogen-bond acceptors (Lipinski definition) is 8. The standard InChI is InChI=1S/C19H26N3O7S2/c1-13(19(20)25)5-10-18(24)22(16-4-3-11-21-12-17(16)23)31(28,29)15-8-6-14(7-9-15)30(2,26)27/h6-10,13,16,21H,3-5,11-12H2,1-2H3,(H2,20,25)/t13?,16-/m0/s1. The second-order valence-corrected chi connectivity index (χ2v) is 11.3. The van der Waals surface area contributed by atoms with E-state index in [2.05, 4.69) is 5.32 Å². The molecular weight excluding hydrogens is 446 g/mol. The van der Waals surface area contributed by atoms with Crippen LogP contribution in [0, 0.1) is 12.3 Å². The molecule has 1 aromatic rings. The van der Waals surface area contributed by atoms with E-state index in [-0.39, 0.29) is 29.2 Å². The molecule has 0 aromatic heterocycles. The summed E-state index contributed by atoms with van der Waals surface area (Å²) in [6, 6.07) is 3.19. The van der Waals surface area contributed by atoms with Crippen LogP contribution in [0.5, 0.6) is 0 Å². The van der Waals surface area contributed by atoms with Crippen molar-refractivity contribution < 1.29 is 31.2 Å². The average molecular weight is 473 g/mol. The van der Waals surface area contributed by atoms with E-state index in [0.717, 1.165) is 36.9 Å². The van der Waals surface area contributed by atoms with Gasteiger partial charge in [0.05, 0.1) is 22.8 Å². The molecule has 2 atom stereocenters. The molecule has 31 heavy (non-hydrogen) atoms. The number of benzene rings is 1. The molecule has 2 amide bonds. The fourth-order valence-corrected chi connectivity index (χ4v) is 5.26. The normalized spacial score (nSPS) is 18.8. The summed E-state index contributed by atoms with van der Waals surface area (Å²) in [5.74, 6) is -2.75. The van der Waals surface area contributed by atoms with Gasteiger partial charge in [-0.1, -0.05) is 6.92 Å². The molecular formula is C19H26N3O7S2. The zero-order valence-corrected chi connectivity index (χ0v) is 18.9. The van der Waals surface area contributed by atoms with E-state index in [0.29, 0.717) is 17.3 Å². The van der Waals surface area contributed by atoms with Crippen LogP contribution < -0.4 is 11.1 Å². The largest absolute Gasteiger partial charge is 0.369 e. The highest BCUT2D eigenvalue weighted by Crippen LogP contribution is 2.25. The summed E-state index contributed by atoms with van der Waals surface area (Å²) in [6.07, 6.45) is 2.53. The van der Waals surface area contributed by atoms with E-state index in [1.165, 1.54) is 6.92 Å². The van der Waals surface area contributed by atoms with E-state index in [4.69, 9.17) is 5.73 Å². The molecule has 0 saturated carbocycles. The fourth-order valence-electron chi connectivity index (χ4n) is 3.05. The number of ketones is 1. The van der Waals surface area contributed by atoms with Gasteiger partial charge in [-0.3, -0.25) is 14.4 Å². The molecule has 0 spiro atoms. The number of nitrogens with zero attached hydrogens (tertiary/aromatic N) is 1. The summed E-state index contributed by atoms with van der Waals surface area (Å²) >= 11 is 0. The van der Waals surface area contributed by atoms with Gasteiger partial charge in [0.2, 0.25) is 11.8 Å². The molecule has 2 rings (SSSR count). The Balaban J connectivity index is 2.45. The highest BCUT2D eigenvalue weighted by molar-refractivity contribution is 7.91. The number of hydrogen-bond donors (Lipinski definition) is 2. The van der Waals surface area contributed by atoms with Crippen LogP contribution in [0.25, 0.3) is 0 Å². The van der Waals surface area contributed by atoms with Gasteiger partial charge >= 0.3 is 0 Å². The Labute approximate surface area is 182 Å². The summed E-state index contributed by atoms with van der Waals surface area (Å²) in [6.45, 7) is 1.90. The van der Waals surface area contributed by atoms with Crippen molar-refractivity contribution in [2.45, 2.75) is 42.0 Å². The highest BCUT2D eigenvalue weighted by atomic mass is 32.2. The first-order valence-electron chi connectivity index (χ1n) is 9.60. The van der Waals surface area contributed by atoms with Crippen molar-refractivity contribution in [1.29, 1.82) is 0 Å². The number of rotatable bonds is 8. The van der Waals surface area contributed by atoms with Crippen molar-refractivity contribution >= 4 is 37.5 Å². The quantitative estimate of drug-likeness (QED) is 0.519. The summed E-state index contributed by atoms with van der Waals surface area (Å²) in [7, 11) is -8.04. The molecule has 1 radical (unpaired) electrons. The minimum atomic E-state index is -4.49. The van der Waals surface area contributed by atoms with Crippen LogP contribution in [0.3, 0.4) is 0 Å². The topological polar surface area (TPSA) is 161 Å². The van der Waals surface area contributed by atoms with Crippen LogP contribution in [0.1, 0.15) is 26.2 Å². The second-order valence-electron chi connectivity index (χ2n) is 7.43. The van der Waals surface area contributed by atoms with Crippen molar-refractivity contribution in [3.05, 3.63) is 30.7 Å². The Morgan fingerprint density at radius 2 is 1.77 bits per heavy atom. The predicted octanol–water partition coefficient (Wildman–Crippen LogP) is -0.356. The van der Waals surface area contributed by atoms with E-state index in [9.17, 15) is 31.2 Å². The Morgan fingerprint density at radius 1 is 1.19 bits per heavy atom. The molecule has 1 aliphatic rings. The monoisotopic (exact) mass is 472 g/mol. The third-order valence-corrected chi connectivity index (χ3v) is 7.89. The molecule has 1 saturated heterocycles. The number of primary amides is 1. The molecule has 0 aliphatic carbocycles. The second kappa shape index (κ2) is 9.88. The zero-order valence-electron chi connectivity index (χ0n) is 17.3. The SMILES string of the molecule is CC(C[CH]C(=O)N([C@H]1CCCNCC1=O)S(=O)(=O)c1ccc(S(C)(=O)=O)cc1)C(N)=O. The van der Waals surface area contributed by atoms with Crippen LogP contribution in [-0.2, 0) is 34.2 Å². The van der Waals surface area contributed by atoms with Gasteiger partial charge in [0.15, 0.2) is 15.6 Å². The minimum absolute atomic E-state index is 0.0825. The molecule has 1 aliphatic heterocycles. The molecule has 10 nitrogen and oxygen atoms in total. The lowest BCUT2D eigenvalue weighted by atomic mass is 10.0. The predicted molar refractivity (Wildman–Crippen MR) is 112 cm³/mol. The Hall–Kier alpha value is -2.31. The van der Waals surface area contributed by atoms with Gasteiger partial charge in [-0.15, -0.1) is 0 Å². The highest BCUT2D eigenvalue weighted by Gasteiger charge is 2.39. The number of nitrogens with two attached hydrogens (primary N) is 1. The number of carbonyl (C=O) groups is 3. The molecule has 1 heterocycles. The Bertz CT molecular complexity index is 1050. The van der Waals surface area contributed by atoms with Gasteiger partial charge in [-0.05, 0) is 50.1 Å². The molecule has 0 bridgehead atoms. The number of nitrogens with one attached hydrogen (secondary N) is 1. The fraction of sp³-hybridized carbons (Fsp3) is 0.474. The summed E-state index contributed by atoms with van der Waals surface area (Å²) in [4.78, 5) is 36.4. The first-order chi connectivity index (χ1) is 14.4. The van der Waals surface area contributed by atoms with Crippen LogP contribution >= 0.6 is 0 Å². The maximum absolute atomic E-state index is 13.3. The average Bonchev–Trinajstić information content (AvgIpc) is 2.90. The molecule has 3 N–H and O–H groups in total. The van der Waals surface area contributed by atoms with Gasteiger partial charge in [0.25, 0.3) is 10.0 Å². The lowest BCUT2D eigenvalue weighted by Crippen LogP contribution is -2.49. The van der Waals surface area contributed by atoms with Crippen LogP contribution in [0.4, 0.5) is 0 Å². The summed E-state index contributed by atoms with van der Waals surface area (Å²) in [5.41, 5.74) is 5.20. The van der Waals surface area contributed by atoms with Crippen molar-refractivity contribution in [2.24, 2.45) is 11.7 Å². The first kappa shape index (κ1) is 25.0. The number of amides is 2. The number of sulfonamides is 1. The van der Waals surface area contributed by atoms with Gasteiger partial charge < -0.3 is 11.1 Å². The maximum atomic E-state index is 13.3. The van der Waals surface area contributed by atoms with Crippen LogP contribution in [0.15, 0.2) is 34.1 Å². The Morgan fingerprint density at radius 3 is 2.32 bits per heavy atom. The summed E-state index contributed by atoms with van der Waals surface area (Å²) in [5, 5.41) is 2.88. The third kappa shape index (κ3) is 6.11. The maximum Gasteiger partial charge on any atom is 0.267 e. The molecule has 1 unspecified atom stereocenters. The van der Waals surface area contributed by atoms with E-state index < -0.39 is 49.4 Å². The molecule has 171 valence electrons. The lowest BCUT2D eigenvalue weighted by molar-refractivity contribution is -0.131. The van der Waals surface area contributed by atoms with Gasteiger partial charge in [0, 0.05) is 12.2 Å². The van der Waals surface area contributed by atoms with Crippen molar-refractivity contribution in [3.8, 4) is 0 Å². The number of Topliss-reactive ketones (excluding diaryl/α,β-unsaturated/α-hetero) is 1. The smallest absolute Gasteiger partial charge is 0.267 e. The number of carbonyl (C=O) groups excluding carboxylic acids is 3. The van der Waals surface area contributed by atoms with Crippen molar-refractivity contribution in [1.82, 2.24) is 9.62 Å². The van der Waals surface area contributed by atoms with Crippen molar-refractivity contribution in [2.75, 3.05) is 19.3 Å². The molecule has 12 heteroatoms. The molecule has 1 fully saturated rings. The number of sulfone groups is 1. The third-order valence-electron chi connectivity index (χ3n) is 4.94. The van der Waals surface area contributed by atoms with Crippen LogP contribution in [-0.4, -0.2) is 64.1 Å². The van der Waals surface area contributed by atoms with E-state index in [1.807, 2.05) is 0 Å². The van der Waals surface area contributed by atoms with Gasteiger partial charge in [-0.25, -0.2) is 21.1 Å². The van der Waals surface area contributed by atoms with E-state index in [1.54, 1.807) is 0 Å². The minimum Gasteiger partial charge on any atom is -0.369 e. The molecule has 1 aromatic carbocycles. The van der Waals surface area contributed by atoms with E-state index >= 15 is 0 Å². The zero-order chi connectivity index (χ0) is 23.4. The van der Waals surface area contributed by atoms with Gasteiger partial charge in [-0.2, -0.15) is 0 Å².